The quantitative estimate of drug-likeness (QED) is 0.398. The molecule has 0 bridgehead atoms. The Morgan fingerprint density at radius 2 is 1.73 bits per heavy atom. The standard InChI is InChI=1S/C22H28N4O4/c1-13(2)19(22(29)30)26-20(27)15-9-11-16(23)18(12-15)25-21(28)17(24)10-8-14-6-4-3-5-7-14/h3-7,9,11-13,17,19H,8,10,23-24H2,1-2H3,(H,25,28)(H,26,27)(H,29,30)/t17-,19-/m0/s1. The molecular formula is C22H28N4O4. The summed E-state index contributed by atoms with van der Waals surface area (Å²) in [4.78, 5) is 36.2. The van der Waals surface area contributed by atoms with Crippen molar-refractivity contribution in [3.63, 3.8) is 0 Å². The van der Waals surface area contributed by atoms with Gasteiger partial charge in [-0.2, -0.15) is 0 Å². The zero-order chi connectivity index (χ0) is 22.3. The molecule has 0 radical (unpaired) electrons. The van der Waals surface area contributed by atoms with Crippen LogP contribution in [-0.2, 0) is 16.0 Å². The summed E-state index contributed by atoms with van der Waals surface area (Å²) >= 11 is 0. The first-order valence-corrected chi connectivity index (χ1v) is 9.72. The number of hydrogen-bond acceptors (Lipinski definition) is 5. The molecule has 7 N–H and O–H groups in total. The molecule has 0 aromatic heterocycles. The SMILES string of the molecule is CC(C)[C@H](NC(=O)c1ccc(N)c(NC(=O)[C@@H](N)CCc2ccccc2)c1)C(=O)O. The van der Waals surface area contributed by atoms with Crippen LogP contribution in [0, 0.1) is 5.92 Å². The van der Waals surface area contributed by atoms with E-state index in [0.29, 0.717) is 12.8 Å². The Morgan fingerprint density at radius 3 is 2.33 bits per heavy atom. The van der Waals surface area contributed by atoms with Gasteiger partial charge in [0.05, 0.1) is 17.4 Å². The predicted octanol–water partition coefficient (Wildman–Crippen LogP) is 2.01. The molecule has 8 heteroatoms. The van der Waals surface area contributed by atoms with Crippen LogP contribution in [-0.4, -0.2) is 35.0 Å². The summed E-state index contributed by atoms with van der Waals surface area (Å²) in [6.45, 7) is 3.40. The summed E-state index contributed by atoms with van der Waals surface area (Å²) in [5.41, 5.74) is 13.7. The molecule has 0 spiro atoms. The third-order valence-electron chi connectivity index (χ3n) is 4.72. The summed E-state index contributed by atoms with van der Waals surface area (Å²) in [6, 6.07) is 12.3. The van der Waals surface area contributed by atoms with Crippen LogP contribution in [0.5, 0.6) is 0 Å². The zero-order valence-corrected chi connectivity index (χ0v) is 17.1. The Labute approximate surface area is 175 Å². The zero-order valence-electron chi connectivity index (χ0n) is 17.1. The molecule has 2 amide bonds. The molecule has 2 aromatic carbocycles. The van der Waals surface area contributed by atoms with Crippen LogP contribution in [0.2, 0.25) is 0 Å². The minimum Gasteiger partial charge on any atom is -0.480 e. The van der Waals surface area contributed by atoms with Gasteiger partial charge in [0.25, 0.3) is 5.91 Å². The number of benzene rings is 2. The lowest BCUT2D eigenvalue weighted by molar-refractivity contribution is -0.140. The van der Waals surface area contributed by atoms with Gasteiger partial charge in [0, 0.05) is 5.56 Å². The fourth-order valence-electron chi connectivity index (χ4n) is 2.87. The average molecular weight is 412 g/mol. The number of carboxylic acid groups (broad SMARTS) is 1. The summed E-state index contributed by atoms with van der Waals surface area (Å²) in [5.74, 6) is -2.39. The van der Waals surface area contributed by atoms with Gasteiger partial charge in [0.1, 0.15) is 6.04 Å². The maximum Gasteiger partial charge on any atom is 0.326 e. The Bertz CT molecular complexity index is 899. The number of carboxylic acids is 1. The molecule has 160 valence electrons. The van der Waals surface area contributed by atoms with Gasteiger partial charge < -0.3 is 27.2 Å². The van der Waals surface area contributed by atoms with Crippen LogP contribution in [0.1, 0.15) is 36.2 Å². The molecule has 0 saturated heterocycles. The number of carbonyl (C=O) groups is 3. The van der Waals surface area contributed by atoms with Gasteiger partial charge in [0.15, 0.2) is 0 Å². The van der Waals surface area contributed by atoms with E-state index < -0.39 is 29.9 Å². The maximum absolute atomic E-state index is 12.5. The molecule has 30 heavy (non-hydrogen) atoms. The van der Waals surface area contributed by atoms with E-state index in [1.165, 1.54) is 18.2 Å². The van der Waals surface area contributed by atoms with Crippen LogP contribution in [0.3, 0.4) is 0 Å². The van der Waals surface area contributed by atoms with Crippen LogP contribution in [0.25, 0.3) is 0 Å². The summed E-state index contributed by atoms with van der Waals surface area (Å²) in [7, 11) is 0. The summed E-state index contributed by atoms with van der Waals surface area (Å²) in [5, 5.41) is 14.4. The number of hydrogen-bond donors (Lipinski definition) is 5. The molecule has 0 aliphatic carbocycles. The third kappa shape index (κ3) is 6.31. The van der Waals surface area contributed by atoms with Gasteiger partial charge in [-0.3, -0.25) is 9.59 Å². The van der Waals surface area contributed by atoms with Crippen molar-refractivity contribution in [2.24, 2.45) is 11.7 Å². The summed E-state index contributed by atoms with van der Waals surface area (Å²) in [6.07, 6.45) is 1.10. The number of carbonyl (C=O) groups excluding carboxylic acids is 2. The van der Waals surface area contributed by atoms with E-state index in [2.05, 4.69) is 10.6 Å². The molecule has 2 aromatic rings. The van der Waals surface area contributed by atoms with Gasteiger partial charge in [-0.25, -0.2) is 4.79 Å². The van der Waals surface area contributed by atoms with Gasteiger partial charge in [-0.05, 0) is 42.5 Å². The average Bonchev–Trinajstić information content (AvgIpc) is 2.71. The first-order valence-electron chi connectivity index (χ1n) is 9.72. The highest BCUT2D eigenvalue weighted by atomic mass is 16.4. The highest BCUT2D eigenvalue weighted by Gasteiger charge is 2.24. The molecule has 8 nitrogen and oxygen atoms in total. The Morgan fingerprint density at radius 1 is 1.07 bits per heavy atom. The van der Waals surface area contributed by atoms with Crippen LogP contribution < -0.4 is 22.1 Å². The van der Waals surface area contributed by atoms with Crippen molar-refractivity contribution >= 4 is 29.2 Å². The lowest BCUT2D eigenvalue weighted by atomic mass is 10.0. The van der Waals surface area contributed by atoms with Crippen molar-refractivity contribution in [3.8, 4) is 0 Å². The second kappa shape index (κ2) is 10.4. The molecule has 2 rings (SSSR count). The van der Waals surface area contributed by atoms with Gasteiger partial charge >= 0.3 is 5.97 Å². The molecule has 0 fully saturated rings. The normalized spacial score (nSPS) is 12.8. The van der Waals surface area contributed by atoms with Crippen LogP contribution in [0.4, 0.5) is 11.4 Å². The third-order valence-corrected chi connectivity index (χ3v) is 4.72. The highest BCUT2D eigenvalue weighted by molar-refractivity contribution is 6.01. The van der Waals surface area contributed by atoms with Gasteiger partial charge in [-0.15, -0.1) is 0 Å². The summed E-state index contributed by atoms with van der Waals surface area (Å²) < 4.78 is 0. The minimum atomic E-state index is -1.12. The maximum atomic E-state index is 12.5. The Hall–Kier alpha value is -3.39. The molecule has 0 heterocycles. The number of nitrogen functional groups attached to an aromatic ring is 1. The van der Waals surface area contributed by atoms with Crippen LogP contribution in [0.15, 0.2) is 48.5 Å². The number of nitrogens with two attached hydrogens (primary N) is 2. The van der Waals surface area contributed by atoms with Crippen molar-refractivity contribution in [3.05, 3.63) is 59.7 Å². The largest absolute Gasteiger partial charge is 0.480 e. The van der Waals surface area contributed by atoms with Crippen molar-refractivity contribution in [2.75, 3.05) is 11.1 Å². The molecule has 0 aliphatic rings. The number of rotatable bonds is 9. The van der Waals surface area contributed by atoms with E-state index in [1.807, 2.05) is 30.3 Å². The molecule has 0 saturated carbocycles. The number of nitrogens with one attached hydrogen (secondary N) is 2. The fraction of sp³-hybridized carbons (Fsp3) is 0.318. The van der Waals surface area contributed by atoms with E-state index >= 15 is 0 Å². The van der Waals surface area contributed by atoms with Gasteiger partial charge in [-0.1, -0.05) is 44.2 Å². The smallest absolute Gasteiger partial charge is 0.326 e. The lowest BCUT2D eigenvalue weighted by Gasteiger charge is -2.18. The highest BCUT2D eigenvalue weighted by Crippen LogP contribution is 2.21. The van der Waals surface area contributed by atoms with E-state index in [0.717, 1.165) is 5.56 Å². The van der Waals surface area contributed by atoms with Crippen molar-refractivity contribution in [2.45, 2.75) is 38.8 Å². The van der Waals surface area contributed by atoms with Crippen molar-refractivity contribution in [1.82, 2.24) is 5.32 Å². The van der Waals surface area contributed by atoms with Crippen molar-refractivity contribution in [1.29, 1.82) is 0 Å². The van der Waals surface area contributed by atoms with E-state index in [1.54, 1.807) is 13.8 Å². The number of amides is 2. The molecule has 0 aliphatic heterocycles. The fourth-order valence-corrected chi connectivity index (χ4v) is 2.87. The predicted molar refractivity (Wildman–Crippen MR) is 116 cm³/mol. The van der Waals surface area contributed by atoms with E-state index in [9.17, 15) is 19.5 Å². The molecule has 0 unspecified atom stereocenters. The minimum absolute atomic E-state index is 0.184. The Balaban J connectivity index is 2.04. The Kier molecular flexibility index (Phi) is 7.94. The first-order chi connectivity index (χ1) is 14.2. The topological polar surface area (TPSA) is 148 Å². The molecular weight excluding hydrogens is 384 g/mol. The second-order valence-corrected chi connectivity index (χ2v) is 7.46. The second-order valence-electron chi connectivity index (χ2n) is 7.46. The number of aryl methyl sites for hydroxylation is 1. The van der Waals surface area contributed by atoms with E-state index in [-0.39, 0.29) is 22.9 Å². The number of anilines is 2. The van der Waals surface area contributed by atoms with Gasteiger partial charge in [0.2, 0.25) is 5.91 Å². The van der Waals surface area contributed by atoms with Crippen molar-refractivity contribution < 1.29 is 19.5 Å². The monoisotopic (exact) mass is 412 g/mol. The van der Waals surface area contributed by atoms with Crippen LogP contribution >= 0.6 is 0 Å². The number of aliphatic carboxylic acids is 1. The van der Waals surface area contributed by atoms with E-state index in [4.69, 9.17) is 11.5 Å². The first kappa shape index (κ1) is 22.9. The molecule has 2 atom stereocenters. The lowest BCUT2D eigenvalue weighted by Crippen LogP contribution is -2.44.